The summed E-state index contributed by atoms with van der Waals surface area (Å²) in [6.07, 6.45) is -14.5. The lowest BCUT2D eigenvalue weighted by Crippen LogP contribution is -2.45. The second-order valence-corrected chi connectivity index (χ2v) is 2.52. The van der Waals surface area contributed by atoms with E-state index in [9.17, 15) is 35.1 Å². The van der Waals surface area contributed by atoms with Crippen molar-refractivity contribution in [3.63, 3.8) is 0 Å². The highest BCUT2D eigenvalue weighted by Gasteiger charge is 2.56. The van der Waals surface area contributed by atoms with Crippen molar-refractivity contribution < 1.29 is 39.9 Å². The zero-order valence-corrected chi connectivity index (χ0v) is 7.00. The van der Waals surface area contributed by atoms with Gasteiger partial charge in [0, 0.05) is 0 Å². The van der Waals surface area contributed by atoms with Crippen LogP contribution in [-0.4, -0.2) is 32.0 Å². The van der Waals surface area contributed by atoms with Crippen LogP contribution in [0.15, 0.2) is 0 Å². The van der Waals surface area contributed by atoms with Crippen LogP contribution >= 0.6 is 0 Å². The quantitative estimate of drug-likeness (QED) is 0.677. The third-order valence-electron chi connectivity index (χ3n) is 1.51. The van der Waals surface area contributed by atoms with E-state index in [2.05, 4.69) is 4.74 Å². The van der Waals surface area contributed by atoms with Gasteiger partial charge in [0.05, 0.1) is 0 Å². The van der Waals surface area contributed by atoms with Crippen LogP contribution in [0.25, 0.3) is 0 Å². The fourth-order valence-electron chi connectivity index (χ4n) is 0.718. The van der Waals surface area contributed by atoms with Gasteiger partial charge in [-0.2, -0.15) is 22.0 Å². The first kappa shape index (κ1) is 14.4. The zero-order valence-electron chi connectivity index (χ0n) is 7.00. The summed E-state index contributed by atoms with van der Waals surface area (Å²) in [5.41, 5.74) is 0. The van der Waals surface area contributed by atoms with Gasteiger partial charge in [-0.05, 0) is 0 Å². The monoisotopic (exact) mass is 246 g/mol. The van der Waals surface area contributed by atoms with Gasteiger partial charge in [-0.25, -0.2) is 8.78 Å². The summed E-state index contributed by atoms with van der Waals surface area (Å²) < 4.78 is 98.3. The molecule has 0 aromatic heterocycles. The minimum atomic E-state index is -5.49. The highest BCUT2D eigenvalue weighted by molar-refractivity contribution is 4.81. The molecule has 0 aromatic rings. The Bertz CT molecular complexity index is 190. The van der Waals surface area contributed by atoms with Gasteiger partial charge in [-0.15, -0.1) is 0 Å². The normalized spacial score (nSPS) is 17.6. The lowest BCUT2D eigenvalue weighted by atomic mass is 10.0. The van der Waals surface area contributed by atoms with Crippen molar-refractivity contribution in [2.45, 2.75) is 18.5 Å². The van der Waals surface area contributed by atoms with Crippen molar-refractivity contribution >= 4 is 0 Å². The third kappa shape index (κ3) is 3.80. The Kier molecular flexibility index (Phi) is 4.75. The van der Waals surface area contributed by atoms with Crippen LogP contribution in [0.5, 0.6) is 0 Å². The molecule has 2 unspecified atom stereocenters. The van der Waals surface area contributed by atoms with Gasteiger partial charge in [0.2, 0.25) is 6.17 Å². The van der Waals surface area contributed by atoms with Gasteiger partial charge in [0.25, 0.3) is 0 Å². The van der Waals surface area contributed by atoms with Crippen molar-refractivity contribution in [3.05, 3.63) is 0 Å². The van der Waals surface area contributed by atoms with Gasteiger partial charge < -0.3 is 0 Å². The molecular weight excluding hydrogens is 240 g/mol. The van der Waals surface area contributed by atoms with Gasteiger partial charge >= 0.3 is 12.3 Å². The minimum Gasteiger partial charge on any atom is -0.286 e. The summed E-state index contributed by atoms with van der Waals surface area (Å²) >= 11 is 0. The Morgan fingerprint density at radius 2 is 1.47 bits per heavy atom. The van der Waals surface area contributed by atoms with Crippen LogP contribution in [-0.2, 0) is 4.74 Å². The molecule has 0 N–H and O–H groups in total. The Morgan fingerprint density at radius 1 is 1.00 bits per heavy atom. The second-order valence-electron chi connectivity index (χ2n) is 2.52. The SMILES string of the molecule is FCOC(F)(F)C(F)C(CF)C(F)(F)F. The molecule has 0 heterocycles. The Labute approximate surface area is 79.0 Å². The molecule has 0 spiro atoms. The molecule has 0 radical (unpaired) electrons. The Balaban J connectivity index is 4.72. The maximum atomic E-state index is 12.5. The van der Waals surface area contributed by atoms with E-state index >= 15 is 0 Å². The molecule has 2 atom stereocenters. The lowest BCUT2D eigenvalue weighted by molar-refractivity contribution is -0.320. The van der Waals surface area contributed by atoms with E-state index in [1.807, 2.05) is 0 Å². The van der Waals surface area contributed by atoms with E-state index in [-0.39, 0.29) is 0 Å². The van der Waals surface area contributed by atoms with Crippen LogP contribution in [0.3, 0.4) is 0 Å². The molecule has 92 valence electrons. The topological polar surface area (TPSA) is 9.23 Å². The number of halogens is 8. The third-order valence-corrected chi connectivity index (χ3v) is 1.51. The molecule has 0 aromatic carbocycles. The molecule has 0 aliphatic heterocycles. The van der Waals surface area contributed by atoms with Crippen molar-refractivity contribution in [1.82, 2.24) is 0 Å². The zero-order chi connectivity index (χ0) is 12.3. The van der Waals surface area contributed by atoms with Crippen LogP contribution in [0.2, 0.25) is 0 Å². The Hall–Kier alpha value is -0.600. The van der Waals surface area contributed by atoms with E-state index in [0.29, 0.717) is 0 Å². The predicted molar refractivity (Wildman–Crippen MR) is 32.4 cm³/mol. The molecule has 0 rings (SSSR count). The van der Waals surface area contributed by atoms with Crippen LogP contribution in [0, 0.1) is 5.92 Å². The molecule has 0 fully saturated rings. The highest BCUT2D eigenvalue weighted by atomic mass is 19.4. The van der Waals surface area contributed by atoms with Crippen molar-refractivity contribution in [2.24, 2.45) is 5.92 Å². The number of hydrogen-bond acceptors (Lipinski definition) is 1. The van der Waals surface area contributed by atoms with Gasteiger partial charge in [-0.3, -0.25) is 9.13 Å². The number of hydrogen-bond donors (Lipinski definition) is 0. The second kappa shape index (κ2) is 4.95. The van der Waals surface area contributed by atoms with E-state index < -0.39 is 37.9 Å². The molecule has 0 saturated carbocycles. The first-order valence-electron chi connectivity index (χ1n) is 3.51. The fraction of sp³-hybridized carbons (Fsp3) is 1.00. The summed E-state index contributed by atoms with van der Waals surface area (Å²) in [5.74, 6) is -3.54. The smallest absolute Gasteiger partial charge is 0.286 e. The number of ether oxygens (including phenoxy) is 1. The Morgan fingerprint density at radius 3 is 1.73 bits per heavy atom. The molecule has 15 heavy (non-hydrogen) atoms. The van der Waals surface area contributed by atoms with E-state index in [1.54, 1.807) is 0 Å². The first-order chi connectivity index (χ1) is 6.66. The van der Waals surface area contributed by atoms with Crippen LogP contribution in [0.4, 0.5) is 35.1 Å². The molecule has 0 aliphatic carbocycles. The van der Waals surface area contributed by atoms with Gasteiger partial charge in [0.1, 0.15) is 12.6 Å². The van der Waals surface area contributed by atoms with Crippen molar-refractivity contribution in [2.75, 3.05) is 13.5 Å². The standard InChI is InChI=1S/C6H6F8O/c7-1-3(5(10,11)12)4(9)6(13,14)15-2-8/h3-4H,1-2H2. The van der Waals surface area contributed by atoms with E-state index in [1.165, 1.54) is 0 Å². The molecular formula is C6H6F8O. The minimum absolute atomic E-state index is 2.18. The van der Waals surface area contributed by atoms with E-state index in [4.69, 9.17) is 0 Å². The lowest BCUT2D eigenvalue weighted by Gasteiger charge is -2.26. The molecule has 0 amide bonds. The number of rotatable bonds is 5. The maximum absolute atomic E-state index is 12.5. The van der Waals surface area contributed by atoms with Crippen LogP contribution < -0.4 is 0 Å². The predicted octanol–water partition coefficient (Wildman–Crippen LogP) is 3.01. The maximum Gasteiger partial charge on any atom is 0.397 e. The van der Waals surface area contributed by atoms with E-state index in [0.717, 1.165) is 0 Å². The summed E-state index contributed by atoms with van der Waals surface area (Å²) in [7, 11) is 0. The molecule has 1 nitrogen and oxygen atoms in total. The van der Waals surface area contributed by atoms with Crippen molar-refractivity contribution in [1.29, 1.82) is 0 Å². The average Bonchev–Trinajstić information content (AvgIpc) is 2.02. The fourth-order valence-corrected chi connectivity index (χ4v) is 0.718. The molecule has 0 aliphatic rings. The highest BCUT2D eigenvalue weighted by Crippen LogP contribution is 2.38. The largest absolute Gasteiger partial charge is 0.397 e. The molecule has 0 bridgehead atoms. The summed E-state index contributed by atoms with van der Waals surface area (Å²) in [6, 6.07) is 0. The first-order valence-corrected chi connectivity index (χ1v) is 3.51. The molecule has 9 heteroatoms. The summed E-state index contributed by atoms with van der Waals surface area (Å²) in [5, 5.41) is 0. The van der Waals surface area contributed by atoms with Crippen LogP contribution in [0.1, 0.15) is 0 Å². The van der Waals surface area contributed by atoms with Gasteiger partial charge in [-0.1, -0.05) is 0 Å². The average molecular weight is 246 g/mol. The van der Waals surface area contributed by atoms with Crippen molar-refractivity contribution in [3.8, 4) is 0 Å². The number of alkyl halides is 8. The molecule has 0 saturated heterocycles. The van der Waals surface area contributed by atoms with Gasteiger partial charge in [0.15, 0.2) is 6.86 Å². The summed E-state index contributed by atoms with van der Waals surface area (Å²) in [6.45, 7) is -4.56. The summed E-state index contributed by atoms with van der Waals surface area (Å²) in [4.78, 5) is 0.